The fourth-order valence-electron chi connectivity index (χ4n) is 1.58. The molecule has 3 nitrogen and oxygen atoms in total. The van der Waals surface area contributed by atoms with Crippen molar-refractivity contribution in [2.45, 2.75) is 6.61 Å². The Hall–Kier alpha value is -1.95. The van der Waals surface area contributed by atoms with Gasteiger partial charge in [-0.25, -0.2) is 8.78 Å². The third kappa shape index (κ3) is 3.33. The van der Waals surface area contributed by atoms with E-state index >= 15 is 0 Å². The van der Waals surface area contributed by atoms with E-state index in [-0.39, 0.29) is 24.0 Å². The third-order valence-electron chi connectivity index (χ3n) is 2.62. The first kappa shape index (κ1) is 14.5. The molecule has 0 atom stereocenters. The Bertz CT molecular complexity index is 662. The first-order valence-corrected chi connectivity index (χ1v) is 6.47. The van der Waals surface area contributed by atoms with Crippen molar-refractivity contribution in [3.05, 3.63) is 63.6 Å². The van der Waals surface area contributed by atoms with Gasteiger partial charge in [0.1, 0.15) is 18.3 Å². The number of amidine groups is 1. The fourth-order valence-corrected chi connectivity index (χ4v) is 2.00. The molecule has 0 amide bonds. The molecule has 0 aliphatic carbocycles. The molecule has 0 aliphatic heterocycles. The van der Waals surface area contributed by atoms with Gasteiger partial charge in [0.25, 0.3) is 0 Å². The van der Waals surface area contributed by atoms with Crippen LogP contribution in [0.2, 0.25) is 0 Å². The van der Waals surface area contributed by atoms with Crippen molar-refractivity contribution < 1.29 is 13.5 Å². The largest absolute Gasteiger partial charge is 0.486 e. The van der Waals surface area contributed by atoms with Crippen LogP contribution in [0.4, 0.5) is 8.78 Å². The zero-order chi connectivity index (χ0) is 14.7. The Morgan fingerprint density at radius 2 is 1.90 bits per heavy atom. The molecule has 2 rings (SSSR count). The monoisotopic (exact) mass is 340 g/mol. The SMILES string of the molecule is N=C(N)c1ccc(OCc2ccc(F)c(Br)c2)c(F)c1. The molecule has 3 N–H and O–H groups in total. The highest BCUT2D eigenvalue weighted by atomic mass is 79.9. The summed E-state index contributed by atoms with van der Waals surface area (Å²) in [5, 5.41) is 7.21. The van der Waals surface area contributed by atoms with E-state index in [4.69, 9.17) is 15.9 Å². The summed E-state index contributed by atoms with van der Waals surface area (Å²) in [4.78, 5) is 0. The van der Waals surface area contributed by atoms with Crippen LogP contribution in [0.25, 0.3) is 0 Å². The van der Waals surface area contributed by atoms with Crippen LogP contribution in [0.1, 0.15) is 11.1 Å². The van der Waals surface area contributed by atoms with Crippen LogP contribution < -0.4 is 10.5 Å². The Labute approximate surface area is 123 Å². The van der Waals surface area contributed by atoms with Gasteiger partial charge < -0.3 is 10.5 Å². The minimum absolute atomic E-state index is 0.0513. The molecule has 0 heterocycles. The molecule has 0 aromatic heterocycles. The van der Waals surface area contributed by atoms with Crippen molar-refractivity contribution in [1.82, 2.24) is 0 Å². The van der Waals surface area contributed by atoms with Crippen molar-refractivity contribution in [3.63, 3.8) is 0 Å². The molecule has 104 valence electrons. The molecule has 0 aliphatic rings. The van der Waals surface area contributed by atoms with Crippen molar-refractivity contribution in [2.75, 3.05) is 0 Å². The maximum atomic E-state index is 13.7. The number of rotatable bonds is 4. The minimum Gasteiger partial charge on any atom is -0.486 e. The van der Waals surface area contributed by atoms with E-state index in [1.54, 1.807) is 12.1 Å². The second kappa shape index (κ2) is 6.00. The maximum absolute atomic E-state index is 13.7. The van der Waals surface area contributed by atoms with E-state index in [2.05, 4.69) is 15.9 Å². The quantitative estimate of drug-likeness (QED) is 0.660. The number of nitrogen functional groups attached to an aromatic ring is 1. The molecule has 20 heavy (non-hydrogen) atoms. The molecular weight excluding hydrogens is 330 g/mol. The smallest absolute Gasteiger partial charge is 0.165 e. The maximum Gasteiger partial charge on any atom is 0.165 e. The number of hydrogen-bond acceptors (Lipinski definition) is 2. The van der Waals surface area contributed by atoms with Crippen LogP contribution in [0, 0.1) is 17.0 Å². The van der Waals surface area contributed by atoms with Crippen LogP contribution in [-0.4, -0.2) is 5.84 Å². The standard InChI is InChI=1S/C14H11BrF2N2O/c15-10-5-8(1-3-11(10)16)7-20-13-4-2-9(14(18)19)6-12(13)17/h1-6H,7H2,(H3,18,19). The highest BCUT2D eigenvalue weighted by molar-refractivity contribution is 9.10. The molecule has 2 aromatic carbocycles. The highest BCUT2D eigenvalue weighted by Gasteiger charge is 2.07. The molecule has 0 fully saturated rings. The number of nitrogens with one attached hydrogen (secondary N) is 1. The predicted octanol–water partition coefficient (Wildman–Crippen LogP) is 3.59. The summed E-state index contributed by atoms with van der Waals surface area (Å²) in [6, 6.07) is 8.47. The third-order valence-corrected chi connectivity index (χ3v) is 3.23. The van der Waals surface area contributed by atoms with Crippen LogP contribution in [0.3, 0.4) is 0 Å². The number of benzene rings is 2. The number of nitrogens with two attached hydrogens (primary N) is 1. The molecule has 0 unspecified atom stereocenters. The molecule has 0 radical (unpaired) electrons. The zero-order valence-electron chi connectivity index (χ0n) is 10.3. The highest BCUT2D eigenvalue weighted by Crippen LogP contribution is 2.21. The van der Waals surface area contributed by atoms with E-state index in [9.17, 15) is 8.78 Å². The van der Waals surface area contributed by atoms with Crippen LogP contribution in [0.5, 0.6) is 5.75 Å². The van der Waals surface area contributed by atoms with Gasteiger partial charge in [-0.1, -0.05) is 6.07 Å². The Kier molecular flexibility index (Phi) is 4.34. The molecule has 2 aromatic rings. The van der Waals surface area contributed by atoms with Crippen LogP contribution >= 0.6 is 15.9 Å². The Balaban J connectivity index is 2.10. The number of hydrogen-bond donors (Lipinski definition) is 2. The first-order chi connectivity index (χ1) is 9.47. The van der Waals surface area contributed by atoms with Gasteiger partial charge in [-0.05, 0) is 51.8 Å². The lowest BCUT2D eigenvalue weighted by Gasteiger charge is -2.09. The van der Waals surface area contributed by atoms with Gasteiger partial charge in [-0.3, -0.25) is 5.41 Å². The van der Waals surface area contributed by atoms with E-state index < -0.39 is 5.82 Å². The summed E-state index contributed by atoms with van der Waals surface area (Å²) >= 11 is 3.07. The average molecular weight is 341 g/mol. The normalized spacial score (nSPS) is 10.3. The van der Waals surface area contributed by atoms with E-state index in [1.807, 2.05) is 0 Å². The van der Waals surface area contributed by atoms with Crippen LogP contribution in [0.15, 0.2) is 40.9 Å². The Morgan fingerprint density at radius 3 is 2.50 bits per heavy atom. The average Bonchev–Trinajstić information content (AvgIpc) is 2.41. The van der Waals surface area contributed by atoms with Crippen molar-refractivity contribution in [3.8, 4) is 5.75 Å². The summed E-state index contributed by atoms with van der Waals surface area (Å²) in [6.45, 7) is 0.106. The van der Waals surface area contributed by atoms with Gasteiger partial charge in [0.2, 0.25) is 0 Å². The van der Waals surface area contributed by atoms with Crippen molar-refractivity contribution in [2.24, 2.45) is 5.73 Å². The van der Waals surface area contributed by atoms with Gasteiger partial charge in [-0.2, -0.15) is 0 Å². The molecule has 0 saturated heterocycles. The summed E-state index contributed by atoms with van der Waals surface area (Å²) in [5.74, 6) is -1.13. The molecule has 6 heteroatoms. The van der Waals surface area contributed by atoms with Gasteiger partial charge in [0.15, 0.2) is 11.6 Å². The van der Waals surface area contributed by atoms with E-state index in [0.717, 1.165) is 6.07 Å². The zero-order valence-corrected chi connectivity index (χ0v) is 11.9. The second-order valence-corrected chi connectivity index (χ2v) is 4.95. The van der Waals surface area contributed by atoms with E-state index in [0.29, 0.717) is 15.6 Å². The summed E-state index contributed by atoms with van der Waals surface area (Å²) < 4.78 is 32.4. The number of halogens is 3. The van der Waals surface area contributed by atoms with Gasteiger partial charge in [0.05, 0.1) is 4.47 Å². The van der Waals surface area contributed by atoms with Gasteiger partial charge >= 0.3 is 0 Å². The molecule has 0 saturated carbocycles. The van der Waals surface area contributed by atoms with Crippen molar-refractivity contribution in [1.29, 1.82) is 5.41 Å². The minimum atomic E-state index is -0.598. The summed E-state index contributed by atoms with van der Waals surface area (Å²) in [6.07, 6.45) is 0. The lowest BCUT2D eigenvalue weighted by atomic mass is 10.2. The van der Waals surface area contributed by atoms with Gasteiger partial charge in [-0.15, -0.1) is 0 Å². The lowest BCUT2D eigenvalue weighted by molar-refractivity contribution is 0.290. The molecule has 0 spiro atoms. The summed E-state index contributed by atoms with van der Waals surface area (Å²) in [7, 11) is 0. The van der Waals surface area contributed by atoms with Gasteiger partial charge in [0, 0.05) is 5.56 Å². The lowest BCUT2D eigenvalue weighted by Crippen LogP contribution is -2.11. The number of ether oxygens (including phenoxy) is 1. The van der Waals surface area contributed by atoms with Crippen LogP contribution in [-0.2, 0) is 6.61 Å². The molecule has 0 bridgehead atoms. The second-order valence-electron chi connectivity index (χ2n) is 4.10. The first-order valence-electron chi connectivity index (χ1n) is 5.68. The van der Waals surface area contributed by atoms with Crippen molar-refractivity contribution >= 4 is 21.8 Å². The Morgan fingerprint density at radius 1 is 1.15 bits per heavy atom. The summed E-state index contributed by atoms with van der Waals surface area (Å²) in [5.41, 5.74) is 6.26. The predicted molar refractivity (Wildman–Crippen MR) is 75.8 cm³/mol. The fraction of sp³-hybridized carbons (Fsp3) is 0.0714. The van der Waals surface area contributed by atoms with E-state index in [1.165, 1.54) is 18.2 Å². The molecular formula is C14H11BrF2N2O. The topological polar surface area (TPSA) is 59.1 Å².